The van der Waals surface area contributed by atoms with Crippen LogP contribution in [-0.2, 0) is 0 Å². The zero-order valence-electron chi connectivity index (χ0n) is 10.3. The Hall–Kier alpha value is -0.740. The van der Waals surface area contributed by atoms with Gasteiger partial charge in [0.15, 0.2) is 0 Å². The molecule has 1 amide bonds. The first-order chi connectivity index (χ1) is 9.38. The summed E-state index contributed by atoms with van der Waals surface area (Å²) in [5, 5.41) is 4.09. The lowest BCUT2D eigenvalue weighted by atomic mass is 10.2. The standard InChI is InChI=1S/C14H9BrCl3NO/c1-7-4-9(15)13(6-11(7)17)19-14(20)8-2-3-10(16)12(18)5-8/h2-6H,1H3,(H,19,20). The summed E-state index contributed by atoms with van der Waals surface area (Å²) in [5.74, 6) is -0.288. The molecule has 2 aromatic rings. The monoisotopic (exact) mass is 391 g/mol. The number of nitrogens with one attached hydrogen (secondary N) is 1. The number of carbonyl (C=O) groups excluding carboxylic acids is 1. The summed E-state index contributed by atoms with van der Waals surface area (Å²) < 4.78 is 0.757. The van der Waals surface area contributed by atoms with Gasteiger partial charge in [0.25, 0.3) is 5.91 Å². The summed E-state index contributed by atoms with van der Waals surface area (Å²) >= 11 is 21.2. The number of amides is 1. The zero-order valence-corrected chi connectivity index (χ0v) is 14.2. The second-order valence-electron chi connectivity index (χ2n) is 4.16. The van der Waals surface area contributed by atoms with Gasteiger partial charge >= 0.3 is 0 Å². The van der Waals surface area contributed by atoms with Crippen LogP contribution in [0.5, 0.6) is 0 Å². The van der Waals surface area contributed by atoms with E-state index in [1.807, 2.05) is 13.0 Å². The first-order valence-corrected chi connectivity index (χ1v) is 7.53. The average Bonchev–Trinajstić information content (AvgIpc) is 2.39. The normalized spacial score (nSPS) is 10.4. The van der Waals surface area contributed by atoms with E-state index in [1.54, 1.807) is 18.2 Å². The van der Waals surface area contributed by atoms with Crippen LogP contribution in [0.1, 0.15) is 15.9 Å². The summed E-state index contributed by atoms with van der Waals surface area (Å²) in [6, 6.07) is 8.23. The maximum absolute atomic E-state index is 12.1. The first-order valence-electron chi connectivity index (χ1n) is 5.60. The van der Waals surface area contributed by atoms with Crippen molar-refractivity contribution in [2.45, 2.75) is 6.92 Å². The van der Waals surface area contributed by atoms with Gasteiger partial charge in [-0.1, -0.05) is 34.8 Å². The SMILES string of the molecule is Cc1cc(Br)c(NC(=O)c2ccc(Cl)c(Cl)c2)cc1Cl. The van der Waals surface area contributed by atoms with Gasteiger partial charge in [-0.2, -0.15) is 0 Å². The second-order valence-corrected chi connectivity index (χ2v) is 6.24. The molecule has 0 aliphatic heterocycles. The van der Waals surface area contributed by atoms with E-state index in [2.05, 4.69) is 21.2 Å². The molecule has 1 N–H and O–H groups in total. The number of aryl methyl sites for hydroxylation is 1. The van der Waals surface area contributed by atoms with Crippen molar-refractivity contribution in [3.8, 4) is 0 Å². The Bertz CT molecular complexity index is 688. The molecule has 0 saturated carbocycles. The van der Waals surface area contributed by atoms with E-state index in [4.69, 9.17) is 34.8 Å². The van der Waals surface area contributed by atoms with E-state index in [-0.39, 0.29) is 5.91 Å². The predicted molar refractivity (Wildman–Crippen MR) is 88.3 cm³/mol. The van der Waals surface area contributed by atoms with Crippen LogP contribution in [0.2, 0.25) is 15.1 Å². The van der Waals surface area contributed by atoms with E-state index in [1.165, 1.54) is 6.07 Å². The molecule has 0 radical (unpaired) electrons. The smallest absolute Gasteiger partial charge is 0.255 e. The van der Waals surface area contributed by atoms with Crippen LogP contribution in [0.15, 0.2) is 34.8 Å². The minimum atomic E-state index is -0.288. The summed E-state index contributed by atoms with van der Waals surface area (Å²) in [7, 11) is 0. The number of anilines is 1. The average molecular weight is 393 g/mol. The molecule has 2 rings (SSSR count). The molecule has 20 heavy (non-hydrogen) atoms. The van der Waals surface area contributed by atoms with E-state index in [0.29, 0.717) is 26.3 Å². The van der Waals surface area contributed by atoms with Gasteiger partial charge in [0.2, 0.25) is 0 Å². The number of rotatable bonds is 2. The Balaban J connectivity index is 2.27. The van der Waals surface area contributed by atoms with E-state index in [0.717, 1.165) is 10.0 Å². The maximum atomic E-state index is 12.1. The maximum Gasteiger partial charge on any atom is 0.255 e. The van der Waals surface area contributed by atoms with Crippen molar-refractivity contribution in [3.05, 3.63) is 61.0 Å². The minimum Gasteiger partial charge on any atom is -0.321 e. The van der Waals surface area contributed by atoms with Crippen molar-refractivity contribution in [3.63, 3.8) is 0 Å². The Kier molecular flexibility index (Phi) is 4.97. The molecule has 0 aromatic heterocycles. The number of benzene rings is 2. The third kappa shape index (κ3) is 3.47. The van der Waals surface area contributed by atoms with Gasteiger partial charge in [0.1, 0.15) is 0 Å². The lowest BCUT2D eigenvalue weighted by Crippen LogP contribution is -2.12. The summed E-state index contributed by atoms with van der Waals surface area (Å²) in [6.45, 7) is 1.89. The largest absolute Gasteiger partial charge is 0.321 e. The van der Waals surface area contributed by atoms with Crippen LogP contribution in [0.4, 0.5) is 5.69 Å². The van der Waals surface area contributed by atoms with Gasteiger partial charge < -0.3 is 5.32 Å². The fourth-order valence-corrected chi connectivity index (χ4v) is 2.59. The molecule has 2 aromatic carbocycles. The van der Waals surface area contributed by atoms with Crippen LogP contribution in [0.25, 0.3) is 0 Å². The molecule has 104 valence electrons. The van der Waals surface area contributed by atoms with Gasteiger partial charge in [-0.05, 0) is 58.7 Å². The molecule has 0 atom stereocenters. The molecule has 2 nitrogen and oxygen atoms in total. The highest BCUT2D eigenvalue weighted by atomic mass is 79.9. The van der Waals surface area contributed by atoms with E-state index < -0.39 is 0 Å². The third-order valence-corrected chi connectivity index (χ3v) is 4.48. The second kappa shape index (κ2) is 6.35. The van der Waals surface area contributed by atoms with Crippen molar-refractivity contribution in [2.75, 3.05) is 5.32 Å². The molecular formula is C14H9BrCl3NO. The fraction of sp³-hybridized carbons (Fsp3) is 0.0714. The molecule has 0 bridgehead atoms. The van der Waals surface area contributed by atoms with Crippen LogP contribution < -0.4 is 5.32 Å². The topological polar surface area (TPSA) is 29.1 Å². The molecule has 0 spiro atoms. The molecule has 0 aliphatic rings. The van der Waals surface area contributed by atoms with Crippen molar-refractivity contribution in [2.24, 2.45) is 0 Å². The number of hydrogen-bond acceptors (Lipinski definition) is 1. The zero-order chi connectivity index (χ0) is 14.9. The molecule has 0 fully saturated rings. The predicted octanol–water partition coefficient (Wildman–Crippen LogP) is 5.97. The Morgan fingerprint density at radius 1 is 1.05 bits per heavy atom. The first kappa shape index (κ1) is 15.6. The van der Waals surface area contributed by atoms with Gasteiger partial charge in [0.05, 0.1) is 15.7 Å². The lowest BCUT2D eigenvalue weighted by Gasteiger charge is -2.10. The molecular weight excluding hydrogens is 384 g/mol. The van der Waals surface area contributed by atoms with Crippen LogP contribution in [-0.4, -0.2) is 5.91 Å². The van der Waals surface area contributed by atoms with E-state index >= 15 is 0 Å². The fourth-order valence-electron chi connectivity index (χ4n) is 1.57. The molecule has 0 saturated heterocycles. The van der Waals surface area contributed by atoms with Crippen molar-refractivity contribution < 1.29 is 4.79 Å². The van der Waals surface area contributed by atoms with Crippen molar-refractivity contribution in [1.82, 2.24) is 0 Å². The van der Waals surface area contributed by atoms with Crippen molar-refractivity contribution in [1.29, 1.82) is 0 Å². The number of carbonyl (C=O) groups is 1. The lowest BCUT2D eigenvalue weighted by molar-refractivity contribution is 0.102. The highest BCUT2D eigenvalue weighted by molar-refractivity contribution is 9.10. The number of halogens is 4. The van der Waals surface area contributed by atoms with Crippen LogP contribution in [0, 0.1) is 6.92 Å². The molecule has 0 heterocycles. The minimum absolute atomic E-state index is 0.288. The van der Waals surface area contributed by atoms with Gasteiger partial charge in [-0.25, -0.2) is 0 Å². The van der Waals surface area contributed by atoms with Crippen LogP contribution >= 0.6 is 50.7 Å². The van der Waals surface area contributed by atoms with Crippen LogP contribution in [0.3, 0.4) is 0 Å². The van der Waals surface area contributed by atoms with Gasteiger partial charge in [-0.15, -0.1) is 0 Å². The highest BCUT2D eigenvalue weighted by Gasteiger charge is 2.11. The van der Waals surface area contributed by atoms with Gasteiger partial charge in [0, 0.05) is 15.1 Å². The Labute approximate surface area is 140 Å². The third-order valence-electron chi connectivity index (χ3n) is 2.68. The van der Waals surface area contributed by atoms with Gasteiger partial charge in [-0.3, -0.25) is 4.79 Å². The quantitative estimate of drug-likeness (QED) is 0.669. The molecule has 6 heteroatoms. The summed E-state index contributed by atoms with van der Waals surface area (Å²) in [6.07, 6.45) is 0. The summed E-state index contributed by atoms with van der Waals surface area (Å²) in [4.78, 5) is 12.1. The summed E-state index contributed by atoms with van der Waals surface area (Å²) in [5.41, 5.74) is 1.94. The van der Waals surface area contributed by atoms with E-state index in [9.17, 15) is 4.79 Å². The van der Waals surface area contributed by atoms with Crippen molar-refractivity contribution >= 4 is 62.3 Å². The molecule has 0 aliphatic carbocycles. The Morgan fingerprint density at radius 3 is 2.40 bits per heavy atom. The Morgan fingerprint density at radius 2 is 1.75 bits per heavy atom. The molecule has 0 unspecified atom stereocenters. The highest BCUT2D eigenvalue weighted by Crippen LogP contribution is 2.30. The number of hydrogen-bond donors (Lipinski definition) is 1.